The summed E-state index contributed by atoms with van der Waals surface area (Å²) in [5.41, 5.74) is 2.91. The van der Waals surface area contributed by atoms with Crippen LogP contribution in [0.1, 0.15) is 50.7 Å². The lowest BCUT2D eigenvalue weighted by Gasteiger charge is -2.40. The normalized spacial score (nSPS) is 26.2. The van der Waals surface area contributed by atoms with Crippen LogP contribution < -0.4 is 0 Å². The van der Waals surface area contributed by atoms with Crippen molar-refractivity contribution in [2.45, 2.75) is 52.1 Å². The quantitative estimate of drug-likeness (QED) is 0.797. The number of nitrogens with zero attached hydrogens (tertiary/aromatic N) is 1. The van der Waals surface area contributed by atoms with E-state index in [-0.39, 0.29) is 0 Å². The number of amidine groups is 1. The van der Waals surface area contributed by atoms with Crippen LogP contribution in [0.3, 0.4) is 0 Å². The molecule has 96 valence electrons. The minimum Gasteiger partial charge on any atom is -0.349 e. The molecular formula is C16H22N2. The van der Waals surface area contributed by atoms with Gasteiger partial charge in [0.25, 0.3) is 0 Å². The zero-order chi connectivity index (χ0) is 12.8. The van der Waals surface area contributed by atoms with E-state index in [9.17, 15) is 0 Å². The molecule has 1 aliphatic carbocycles. The van der Waals surface area contributed by atoms with E-state index < -0.39 is 0 Å². The Labute approximate surface area is 110 Å². The zero-order valence-corrected chi connectivity index (χ0v) is 11.4. The summed E-state index contributed by atoms with van der Waals surface area (Å²) in [6, 6.07) is 8.94. The first kappa shape index (κ1) is 11.8. The van der Waals surface area contributed by atoms with Gasteiger partial charge in [0.05, 0.1) is 0 Å². The Morgan fingerprint density at radius 3 is 2.78 bits per heavy atom. The van der Waals surface area contributed by atoms with Crippen LogP contribution in [-0.2, 0) is 6.54 Å². The molecule has 0 radical (unpaired) electrons. The second kappa shape index (κ2) is 4.11. The summed E-state index contributed by atoms with van der Waals surface area (Å²) in [5, 5.41) is 8.38. The Morgan fingerprint density at radius 2 is 2.06 bits per heavy atom. The molecule has 1 N–H and O–H groups in total. The van der Waals surface area contributed by atoms with Crippen molar-refractivity contribution < 1.29 is 0 Å². The van der Waals surface area contributed by atoms with Crippen molar-refractivity contribution in [2.24, 2.45) is 5.41 Å². The van der Waals surface area contributed by atoms with Gasteiger partial charge in [-0.05, 0) is 30.2 Å². The molecule has 1 atom stereocenters. The third-order valence-electron chi connectivity index (χ3n) is 4.52. The van der Waals surface area contributed by atoms with E-state index in [1.54, 1.807) is 0 Å². The smallest absolute Gasteiger partial charge is 0.128 e. The van der Waals surface area contributed by atoms with Crippen LogP contribution in [0.25, 0.3) is 0 Å². The lowest BCUT2D eigenvalue weighted by atomic mass is 9.74. The lowest BCUT2D eigenvalue weighted by molar-refractivity contribution is 0.142. The molecule has 2 heteroatoms. The van der Waals surface area contributed by atoms with E-state index in [1.165, 1.54) is 31.2 Å². The summed E-state index contributed by atoms with van der Waals surface area (Å²) >= 11 is 0. The van der Waals surface area contributed by atoms with Crippen LogP contribution in [0, 0.1) is 10.8 Å². The van der Waals surface area contributed by atoms with Gasteiger partial charge < -0.3 is 4.90 Å². The largest absolute Gasteiger partial charge is 0.349 e. The highest BCUT2D eigenvalue weighted by atomic mass is 15.2. The molecule has 1 aliphatic heterocycles. The Bertz CT molecular complexity index is 476. The minimum atomic E-state index is 0.442. The van der Waals surface area contributed by atoms with Crippen LogP contribution in [0.15, 0.2) is 24.3 Å². The Balaban J connectivity index is 1.82. The van der Waals surface area contributed by atoms with Gasteiger partial charge in [-0.25, -0.2) is 0 Å². The predicted octanol–water partition coefficient (Wildman–Crippen LogP) is 3.80. The van der Waals surface area contributed by atoms with E-state index in [0.29, 0.717) is 11.5 Å². The van der Waals surface area contributed by atoms with Gasteiger partial charge in [0.2, 0.25) is 0 Å². The standard InChI is InChI=1S/C16H22N2/c1-16(2)9-5-7-13(10-16)18-11-12-6-3-4-8-14(12)15(18)17/h3-4,6,8,13,17H,5,7,9-11H2,1-2H3. The van der Waals surface area contributed by atoms with Crippen LogP contribution in [-0.4, -0.2) is 16.8 Å². The summed E-state index contributed by atoms with van der Waals surface area (Å²) in [6.45, 7) is 5.67. The monoisotopic (exact) mass is 242 g/mol. The van der Waals surface area contributed by atoms with Crippen molar-refractivity contribution in [1.82, 2.24) is 4.90 Å². The molecule has 18 heavy (non-hydrogen) atoms. The average molecular weight is 242 g/mol. The SMILES string of the molecule is CC1(C)CCCC(N2Cc3ccccc3C2=N)C1. The van der Waals surface area contributed by atoms with Crippen LogP contribution in [0.2, 0.25) is 0 Å². The van der Waals surface area contributed by atoms with Gasteiger partial charge in [-0.2, -0.15) is 0 Å². The number of nitrogens with one attached hydrogen (secondary N) is 1. The molecular weight excluding hydrogens is 220 g/mol. The van der Waals surface area contributed by atoms with Gasteiger partial charge in [-0.3, -0.25) is 5.41 Å². The molecule has 2 aliphatic rings. The van der Waals surface area contributed by atoms with Gasteiger partial charge in [0.15, 0.2) is 0 Å². The summed E-state index contributed by atoms with van der Waals surface area (Å²) in [6.07, 6.45) is 5.11. The highest BCUT2D eigenvalue weighted by Crippen LogP contribution is 2.39. The van der Waals surface area contributed by atoms with E-state index >= 15 is 0 Å². The third-order valence-corrected chi connectivity index (χ3v) is 4.52. The minimum absolute atomic E-state index is 0.442. The second-order valence-electron chi connectivity index (χ2n) is 6.55. The fourth-order valence-corrected chi connectivity index (χ4v) is 3.54. The maximum atomic E-state index is 8.38. The summed E-state index contributed by atoms with van der Waals surface area (Å²) in [5.74, 6) is 0.744. The molecule has 1 aromatic rings. The maximum absolute atomic E-state index is 8.38. The van der Waals surface area contributed by atoms with Crippen molar-refractivity contribution in [3.8, 4) is 0 Å². The fraction of sp³-hybridized carbons (Fsp3) is 0.562. The predicted molar refractivity (Wildman–Crippen MR) is 74.9 cm³/mol. The highest BCUT2D eigenvalue weighted by molar-refractivity contribution is 6.00. The van der Waals surface area contributed by atoms with Crippen LogP contribution in [0.5, 0.6) is 0 Å². The van der Waals surface area contributed by atoms with E-state index in [1.807, 2.05) is 6.07 Å². The molecule has 1 saturated carbocycles. The first-order valence-corrected chi connectivity index (χ1v) is 7.00. The molecule has 1 aromatic carbocycles. The van der Waals surface area contributed by atoms with Crippen LogP contribution >= 0.6 is 0 Å². The van der Waals surface area contributed by atoms with Gasteiger partial charge in [0, 0.05) is 18.2 Å². The van der Waals surface area contributed by atoms with Gasteiger partial charge in [-0.1, -0.05) is 44.5 Å². The first-order valence-electron chi connectivity index (χ1n) is 7.00. The average Bonchev–Trinajstić information content (AvgIpc) is 2.66. The Hall–Kier alpha value is -1.31. The summed E-state index contributed by atoms with van der Waals surface area (Å²) < 4.78 is 0. The molecule has 0 bridgehead atoms. The molecule has 0 aromatic heterocycles. The lowest BCUT2D eigenvalue weighted by Crippen LogP contribution is -2.41. The summed E-state index contributed by atoms with van der Waals surface area (Å²) in [7, 11) is 0. The first-order chi connectivity index (χ1) is 8.57. The van der Waals surface area contributed by atoms with E-state index in [0.717, 1.165) is 17.9 Å². The molecule has 1 fully saturated rings. The molecule has 1 unspecified atom stereocenters. The van der Waals surface area contributed by atoms with Crippen molar-refractivity contribution >= 4 is 5.84 Å². The van der Waals surface area contributed by atoms with E-state index in [2.05, 4.69) is 36.9 Å². The van der Waals surface area contributed by atoms with Crippen molar-refractivity contribution in [3.05, 3.63) is 35.4 Å². The van der Waals surface area contributed by atoms with Crippen molar-refractivity contribution in [3.63, 3.8) is 0 Å². The summed E-state index contributed by atoms with van der Waals surface area (Å²) in [4.78, 5) is 2.32. The molecule has 2 nitrogen and oxygen atoms in total. The molecule has 0 amide bonds. The molecule has 1 heterocycles. The number of hydrogen-bond acceptors (Lipinski definition) is 1. The number of hydrogen-bond donors (Lipinski definition) is 1. The van der Waals surface area contributed by atoms with Gasteiger partial charge in [-0.15, -0.1) is 0 Å². The fourth-order valence-electron chi connectivity index (χ4n) is 3.54. The second-order valence-corrected chi connectivity index (χ2v) is 6.55. The Morgan fingerprint density at radius 1 is 1.28 bits per heavy atom. The van der Waals surface area contributed by atoms with Gasteiger partial charge >= 0.3 is 0 Å². The van der Waals surface area contributed by atoms with Crippen LogP contribution in [0.4, 0.5) is 0 Å². The number of fused-ring (bicyclic) bond motifs is 1. The van der Waals surface area contributed by atoms with E-state index in [4.69, 9.17) is 5.41 Å². The third kappa shape index (κ3) is 1.94. The zero-order valence-electron chi connectivity index (χ0n) is 11.4. The molecule has 0 spiro atoms. The number of benzene rings is 1. The van der Waals surface area contributed by atoms with Crippen molar-refractivity contribution in [1.29, 1.82) is 5.41 Å². The highest BCUT2D eigenvalue weighted by Gasteiger charge is 2.35. The van der Waals surface area contributed by atoms with Gasteiger partial charge in [0.1, 0.15) is 5.84 Å². The number of rotatable bonds is 1. The molecule has 3 rings (SSSR count). The Kier molecular flexibility index (Phi) is 2.69. The topological polar surface area (TPSA) is 27.1 Å². The van der Waals surface area contributed by atoms with Crippen molar-refractivity contribution in [2.75, 3.05) is 0 Å². The maximum Gasteiger partial charge on any atom is 0.128 e. The molecule has 0 saturated heterocycles.